The number of hydrogen-bond donors (Lipinski definition) is 0. The lowest BCUT2D eigenvalue weighted by molar-refractivity contribution is -0.312. The first-order chi connectivity index (χ1) is 17.8. The van der Waals surface area contributed by atoms with E-state index < -0.39 is 47.5 Å². The zero-order valence-electron chi connectivity index (χ0n) is 21.8. The van der Waals surface area contributed by atoms with Crippen LogP contribution in [-0.2, 0) is 33.3 Å². The third kappa shape index (κ3) is 5.22. The largest absolute Gasteiger partial charge is 0.493 e. The number of thioether (sulfide) groups is 1. The number of hydrogen-bond acceptors (Lipinski definition) is 11. The summed E-state index contributed by atoms with van der Waals surface area (Å²) in [6.45, 7) is 0. The van der Waals surface area contributed by atoms with Gasteiger partial charge in [-0.1, -0.05) is 30.0 Å². The molecule has 5 atom stereocenters. The van der Waals surface area contributed by atoms with Crippen molar-refractivity contribution < 1.29 is 42.7 Å². The molecule has 0 N–H and O–H groups in total. The van der Waals surface area contributed by atoms with Crippen molar-refractivity contribution >= 4 is 40.3 Å². The Kier molecular flexibility index (Phi) is 9.63. The van der Waals surface area contributed by atoms with Crippen molar-refractivity contribution in [2.24, 2.45) is 17.8 Å². The van der Waals surface area contributed by atoms with Gasteiger partial charge in [-0.2, -0.15) is 0 Å². The molecule has 0 spiro atoms. The number of methoxy groups -OCH3 is 6. The molecule has 0 saturated heterocycles. The summed E-state index contributed by atoms with van der Waals surface area (Å²) in [6, 6.07) is 5.50. The minimum absolute atomic E-state index is 0.303. The first kappa shape index (κ1) is 29.0. The Morgan fingerprint density at radius 2 is 1.68 bits per heavy atom. The number of benzene rings is 1. The molecule has 1 aromatic rings. The molecule has 0 aliphatic heterocycles. The maximum absolute atomic E-state index is 13.5. The minimum Gasteiger partial charge on any atom is -0.493 e. The van der Waals surface area contributed by atoms with Crippen LogP contribution in [0.4, 0.5) is 0 Å². The number of rotatable bonds is 9. The van der Waals surface area contributed by atoms with Crippen LogP contribution in [0.2, 0.25) is 0 Å². The zero-order valence-corrected chi connectivity index (χ0v) is 23.5. The van der Waals surface area contributed by atoms with Crippen molar-refractivity contribution in [1.29, 1.82) is 0 Å². The summed E-state index contributed by atoms with van der Waals surface area (Å²) in [5.74, 6) is -3.75. The van der Waals surface area contributed by atoms with E-state index in [-0.39, 0.29) is 0 Å². The number of allylic oxidation sites excluding steroid dienone is 1. The molecular weight excluding hydrogens is 520 g/mol. The molecule has 1 saturated carbocycles. The van der Waals surface area contributed by atoms with Crippen LogP contribution in [0.1, 0.15) is 11.5 Å². The van der Waals surface area contributed by atoms with Crippen molar-refractivity contribution in [3.8, 4) is 11.5 Å². The van der Waals surface area contributed by atoms with Crippen molar-refractivity contribution in [3.05, 3.63) is 47.6 Å². The fraction of sp³-hybridized carbons (Fsp3) is 0.500. The Morgan fingerprint density at radius 3 is 2.22 bits per heavy atom. The van der Waals surface area contributed by atoms with Gasteiger partial charge >= 0.3 is 11.9 Å². The third-order valence-electron chi connectivity index (χ3n) is 6.99. The van der Waals surface area contributed by atoms with Gasteiger partial charge < -0.3 is 33.2 Å². The lowest BCUT2D eigenvalue weighted by Crippen LogP contribution is -2.67. The Balaban J connectivity index is 2.31. The fourth-order valence-electron chi connectivity index (χ4n) is 5.47. The number of esters is 2. The second kappa shape index (κ2) is 12.3. The van der Waals surface area contributed by atoms with Crippen molar-refractivity contribution in [1.82, 2.24) is 0 Å². The highest BCUT2D eigenvalue weighted by Gasteiger charge is 2.67. The zero-order chi connectivity index (χ0) is 27.3. The van der Waals surface area contributed by atoms with Gasteiger partial charge in [0.05, 0.1) is 40.3 Å². The van der Waals surface area contributed by atoms with Crippen molar-refractivity contribution in [2.75, 3.05) is 48.9 Å². The van der Waals surface area contributed by atoms with E-state index in [4.69, 9.17) is 45.4 Å². The minimum atomic E-state index is -1.42. The fourth-order valence-corrected chi connectivity index (χ4v) is 5.77. The molecule has 0 amide bonds. The van der Waals surface area contributed by atoms with E-state index in [1.165, 1.54) is 46.3 Å². The van der Waals surface area contributed by atoms with Crippen LogP contribution in [0.5, 0.6) is 11.5 Å². The Morgan fingerprint density at radius 1 is 1.00 bits per heavy atom. The molecule has 0 aromatic heterocycles. The SMILES string of the molecule is COC(=O)/C=C/C1=CC2C(c3ccc(OC)c(OC)c3)C(C(=O)OC)C1C(OC)(OC)C2OC(=S)SC. The molecule has 3 aliphatic carbocycles. The van der Waals surface area contributed by atoms with Gasteiger partial charge in [0.1, 0.15) is 0 Å². The molecule has 1 fully saturated rings. The van der Waals surface area contributed by atoms with Crippen LogP contribution < -0.4 is 9.47 Å². The second-order valence-electron chi connectivity index (χ2n) is 8.39. The Hall–Kier alpha value is -2.60. The van der Waals surface area contributed by atoms with Gasteiger partial charge in [0, 0.05) is 32.1 Å². The standard InChI is InChI=1S/C26H32O9S2/c1-29-17-10-8-14(13-18(17)30-2)20-16-12-15(9-11-19(27)31-3)22(21(20)24(28)32-4)26(33-5,34-6)23(16)35-25(36)37-7/h8-13,16,20-23H,1-7H3/b11-9+. The van der Waals surface area contributed by atoms with Gasteiger partial charge in [0.15, 0.2) is 17.6 Å². The topological polar surface area (TPSA) is 98.8 Å². The molecule has 9 nitrogen and oxygen atoms in total. The lowest BCUT2D eigenvalue weighted by atomic mass is 9.53. The van der Waals surface area contributed by atoms with Crippen molar-refractivity contribution in [2.45, 2.75) is 17.8 Å². The van der Waals surface area contributed by atoms with Crippen LogP contribution in [0.3, 0.4) is 0 Å². The second-order valence-corrected chi connectivity index (χ2v) is 9.80. The molecule has 2 bridgehead atoms. The number of carbonyl (C=O) groups excluding carboxylic acids is 2. The van der Waals surface area contributed by atoms with E-state index in [0.717, 1.165) is 5.56 Å². The lowest BCUT2D eigenvalue weighted by Gasteiger charge is -2.58. The summed E-state index contributed by atoms with van der Waals surface area (Å²) < 4.78 is 39.6. The summed E-state index contributed by atoms with van der Waals surface area (Å²) in [5, 5.41) is 0. The highest BCUT2D eigenvalue weighted by Crippen LogP contribution is 2.60. The van der Waals surface area contributed by atoms with E-state index in [9.17, 15) is 9.59 Å². The quantitative estimate of drug-likeness (QED) is 0.195. The van der Waals surface area contributed by atoms with Gasteiger partial charge in [-0.3, -0.25) is 4.79 Å². The van der Waals surface area contributed by atoms with Gasteiger partial charge in [0.2, 0.25) is 10.2 Å². The molecule has 0 heterocycles. The molecule has 37 heavy (non-hydrogen) atoms. The van der Waals surface area contributed by atoms with E-state index >= 15 is 0 Å². The molecular formula is C26H32O9S2. The summed E-state index contributed by atoms with van der Waals surface area (Å²) in [4.78, 5) is 25.4. The van der Waals surface area contributed by atoms with Gasteiger partial charge in [-0.05, 0) is 41.7 Å². The number of ether oxygens (including phenoxy) is 7. The van der Waals surface area contributed by atoms with Gasteiger partial charge in [-0.25, -0.2) is 4.79 Å². The average Bonchev–Trinajstić information content (AvgIpc) is 2.94. The van der Waals surface area contributed by atoms with Crippen LogP contribution in [-0.4, -0.2) is 77.1 Å². The maximum atomic E-state index is 13.5. The highest BCUT2D eigenvalue weighted by molar-refractivity contribution is 8.22. The predicted octanol–water partition coefficient (Wildman–Crippen LogP) is 3.51. The number of thiocarbonyl (C=S) groups is 1. The first-order valence-corrected chi connectivity index (χ1v) is 13.0. The van der Waals surface area contributed by atoms with Gasteiger partial charge in [-0.15, -0.1) is 0 Å². The number of fused-ring (bicyclic) bond motifs is 2. The molecule has 11 heteroatoms. The molecule has 0 radical (unpaired) electrons. The number of carbonyl (C=O) groups is 2. The molecule has 202 valence electrons. The van der Waals surface area contributed by atoms with Crippen LogP contribution in [0.25, 0.3) is 0 Å². The van der Waals surface area contributed by atoms with E-state index in [1.807, 2.05) is 24.5 Å². The summed E-state index contributed by atoms with van der Waals surface area (Å²) in [7, 11) is 8.71. The monoisotopic (exact) mass is 552 g/mol. The third-order valence-corrected chi connectivity index (χ3v) is 8.02. The maximum Gasteiger partial charge on any atom is 0.330 e. The van der Waals surface area contributed by atoms with Crippen molar-refractivity contribution in [3.63, 3.8) is 0 Å². The summed E-state index contributed by atoms with van der Waals surface area (Å²) >= 11 is 6.70. The molecule has 4 rings (SSSR count). The van der Waals surface area contributed by atoms with E-state index in [1.54, 1.807) is 26.4 Å². The normalized spacial score (nSPS) is 25.8. The summed E-state index contributed by atoms with van der Waals surface area (Å²) in [5.41, 5.74) is 1.46. The highest BCUT2D eigenvalue weighted by atomic mass is 32.2. The van der Waals surface area contributed by atoms with E-state index in [2.05, 4.69) is 0 Å². The van der Waals surface area contributed by atoms with Gasteiger partial charge in [0.25, 0.3) is 0 Å². The van der Waals surface area contributed by atoms with Crippen LogP contribution >= 0.6 is 24.0 Å². The Labute approximate surface area is 226 Å². The average molecular weight is 553 g/mol. The molecule has 5 unspecified atom stereocenters. The predicted molar refractivity (Wildman–Crippen MR) is 142 cm³/mol. The van der Waals surface area contributed by atoms with E-state index in [0.29, 0.717) is 21.5 Å². The van der Waals surface area contributed by atoms with Crippen LogP contribution in [0, 0.1) is 17.8 Å². The summed E-state index contributed by atoms with van der Waals surface area (Å²) in [6.07, 6.45) is 5.97. The Bertz CT molecular complexity index is 1080. The molecule has 3 aliphatic rings. The van der Waals surface area contributed by atoms with Crippen LogP contribution in [0.15, 0.2) is 42.0 Å². The smallest absolute Gasteiger partial charge is 0.330 e. The first-order valence-electron chi connectivity index (χ1n) is 11.4. The molecule has 1 aromatic carbocycles.